The van der Waals surface area contributed by atoms with Crippen molar-refractivity contribution in [3.63, 3.8) is 0 Å². The number of nitrogens with one attached hydrogen (secondary N) is 2. The van der Waals surface area contributed by atoms with Crippen LogP contribution in [0.3, 0.4) is 0 Å². The lowest BCUT2D eigenvalue weighted by Gasteiger charge is -2.24. The molecule has 0 aromatic heterocycles. The summed E-state index contributed by atoms with van der Waals surface area (Å²) >= 11 is 0. The molecule has 0 bridgehead atoms. The average molecular weight is 390 g/mol. The highest BCUT2D eigenvalue weighted by atomic mass is 16.5. The predicted molar refractivity (Wildman–Crippen MR) is 112 cm³/mol. The third-order valence-electron chi connectivity index (χ3n) is 5.52. The normalized spacial score (nSPS) is 23.0. The fourth-order valence-electron chi connectivity index (χ4n) is 3.85. The second-order valence-corrected chi connectivity index (χ2v) is 7.96. The molecule has 1 heterocycles. The van der Waals surface area contributed by atoms with E-state index in [9.17, 15) is 0 Å². The van der Waals surface area contributed by atoms with E-state index in [1.165, 1.54) is 12.8 Å². The lowest BCUT2D eigenvalue weighted by molar-refractivity contribution is 0.0243. The van der Waals surface area contributed by atoms with Crippen LogP contribution in [0.5, 0.6) is 11.5 Å². The number of methoxy groups -OCH3 is 1. The molecule has 0 radical (unpaired) electrons. The Kier molecular flexibility index (Phi) is 7.43. The lowest BCUT2D eigenvalue weighted by Crippen LogP contribution is -2.45. The number of ether oxygens (including phenoxy) is 3. The summed E-state index contributed by atoms with van der Waals surface area (Å²) in [5.74, 6) is 2.42. The van der Waals surface area contributed by atoms with Gasteiger partial charge in [0.15, 0.2) is 17.5 Å². The van der Waals surface area contributed by atoms with Crippen molar-refractivity contribution in [2.45, 2.75) is 70.6 Å². The number of guanidine groups is 1. The van der Waals surface area contributed by atoms with Crippen LogP contribution in [0.15, 0.2) is 23.2 Å². The van der Waals surface area contributed by atoms with Crippen LogP contribution in [0.25, 0.3) is 0 Å². The van der Waals surface area contributed by atoms with E-state index in [4.69, 9.17) is 19.2 Å². The molecule has 156 valence electrons. The Morgan fingerprint density at radius 2 is 2.04 bits per heavy atom. The zero-order chi connectivity index (χ0) is 19.8. The van der Waals surface area contributed by atoms with Gasteiger partial charge in [-0.05, 0) is 70.1 Å². The monoisotopic (exact) mass is 389 g/mol. The average Bonchev–Trinajstić information content (AvgIpc) is 3.37. The van der Waals surface area contributed by atoms with Crippen LogP contribution in [0.2, 0.25) is 0 Å². The van der Waals surface area contributed by atoms with E-state index in [-0.39, 0.29) is 5.60 Å². The summed E-state index contributed by atoms with van der Waals surface area (Å²) in [5.41, 5.74) is 0.995. The Morgan fingerprint density at radius 1 is 1.21 bits per heavy atom. The van der Waals surface area contributed by atoms with Gasteiger partial charge in [-0.1, -0.05) is 6.07 Å². The minimum atomic E-state index is -0.0986. The zero-order valence-electron chi connectivity index (χ0n) is 17.6. The van der Waals surface area contributed by atoms with Gasteiger partial charge in [-0.15, -0.1) is 0 Å². The van der Waals surface area contributed by atoms with Gasteiger partial charge in [-0.3, -0.25) is 0 Å². The van der Waals surface area contributed by atoms with Crippen molar-refractivity contribution < 1.29 is 14.2 Å². The summed E-state index contributed by atoms with van der Waals surface area (Å²) in [6, 6.07) is 6.11. The van der Waals surface area contributed by atoms with Crippen LogP contribution in [-0.2, 0) is 11.3 Å². The van der Waals surface area contributed by atoms with E-state index in [0.717, 1.165) is 68.4 Å². The number of nitrogens with zero attached hydrogens (tertiary/aromatic N) is 1. The van der Waals surface area contributed by atoms with Crippen molar-refractivity contribution in [1.82, 2.24) is 10.6 Å². The second kappa shape index (κ2) is 10.0. The molecule has 1 atom stereocenters. The number of hydrogen-bond donors (Lipinski definition) is 2. The molecule has 3 rings (SSSR count). The summed E-state index contributed by atoms with van der Waals surface area (Å²) in [5, 5.41) is 6.73. The lowest BCUT2D eigenvalue weighted by atomic mass is 10.0. The van der Waals surface area contributed by atoms with E-state index in [2.05, 4.69) is 30.5 Å². The summed E-state index contributed by atoms with van der Waals surface area (Å²) in [7, 11) is 1.69. The standard InChI is InChI=1S/C22H35N3O3/c1-4-23-21(25-16-22(2)12-7-13-27-22)24-15-17-10-11-19(20(14-17)26-3)28-18-8-5-6-9-18/h10-11,14,18H,4-9,12-13,15-16H2,1-3H3,(H2,23,24,25). The summed E-state index contributed by atoms with van der Waals surface area (Å²) < 4.78 is 17.5. The van der Waals surface area contributed by atoms with Gasteiger partial charge < -0.3 is 24.8 Å². The van der Waals surface area contributed by atoms with Crippen LogP contribution in [0, 0.1) is 0 Å². The number of rotatable bonds is 8. The Labute approximate surface area is 169 Å². The maximum Gasteiger partial charge on any atom is 0.191 e. The van der Waals surface area contributed by atoms with E-state index in [0.29, 0.717) is 12.6 Å². The van der Waals surface area contributed by atoms with Gasteiger partial charge in [0.2, 0.25) is 0 Å². The van der Waals surface area contributed by atoms with E-state index in [1.807, 2.05) is 12.1 Å². The zero-order valence-corrected chi connectivity index (χ0v) is 17.6. The molecule has 1 aliphatic carbocycles. The van der Waals surface area contributed by atoms with Crippen molar-refractivity contribution in [2.75, 3.05) is 26.8 Å². The van der Waals surface area contributed by atoms with Crippen LogP contribution < -0.4 is 20.1 Å². The quantitative estimate of drug-likeness (QED) is 0.525. The maximum atomic E-state index is 6.12. The Balaban J connectivity index is 1.60. The first-order valence-electron chi connectivity index (χ1n) is 10.6. The van der Waals surface area contributed by atoms with Crippen molar-refractivity contribution >= 4 is 5.96 Å². The molecule has 1 saturated carbocycles. The number of benzene rings is 1. The SMILES string of the molecule is CCNC(=NCc1ccc(OC2CCCC2)c(OC)c1)NCC1(C)CCCO1. The van der Waals surface area contributed by atoms with Gasteiger partial charge in [0.25, 0.3) is 0 Å². The van der Waals surface area contributed by atoms with Gasteiger partial charge >= 0.3 is 0 Å². The van der Waals surface area contributed by atoms with Crippen molar-refractivity contribution in [3.8, 4) is 11.5 Å². The number of aliphatic imine (C=N–C) groups is 1. The molecule has 2 N–H and O–H groups in total. The highest BCUT2D eigenvalue weighted by Crippen LogP contribution is 2.32. The first-order chi connectivity index (χ1) is 13.6. The first kappa shape index (κ1) is 20.8. The van der Waals surface area contributed by atoms with Crippen molar-refractivity contribution in [1.29, 1.82) is 0 Å². The van der Waals surface area contributed by atoms with Gasteiger partial charge in [0, 0.05) is 19.7 Å². The van der Waals surface area contributed by atoms with Crippen LogP contribution in [0.4, 0.5) is 0 Å². The predicted octanol–water partition coefficient (Wildman–Crippen LogP) is 3.64. The molecular formula is C22H35N3O3. The largest absolute Gasteiger partial charge is 0.493 e. The first-order valence-corrected chi connectivity index (χ1v) is 10.6. The third kappa shape index (κ3) is 5.77. The van der Waals surface area contributed by atoms with Crippen molar-refractivity contribution in [3.05, 3.63) is 23.8 Å². The minimum Gasteiger partial charge on any atom is -0.493 e. The van der Waals surface area contributed by atoms with E-state index >= 15 is 0 Å². The highest BCUT2D eigenvalue weighted by Gasteiger charge is 2.29. The fraction of sp³-hybridized carbons (Fsp3) is 0.682. The molecule has 1 aliphatic heterocycles. The molecule has 0 spiro atoms. The Hall–Kier alpha value is -1.95. The molecule has 6 nitrogen and oxygen atoms in total. The van der Waals surface area contributed by atoms with Crippen LogP contribution >= 0.6 is 0 Å². The minimum absolute atomic E-state index is 0.0986. The summed E-state index contributed by atoms with van der Waals surface area (Å²) in [6.07, 6.45) is 7.31. The molecule has 28 heavy (non-hydrogen) atoms. The van der Waals surface area contributed by atoms with Crippen molar-refractivity contribution in [2.24, 2.45) is 4.99 Å². The maximum absolute atomic E-state index is 6.12. The third-order valence-corrected chi connectivity index (χ3v) is 5.52. The Morgan fingerprint density at radius 3 is 2.71 bits per heavy atom. The molecule has 1 saturated heterocycles. The smallest absolute Gasteiger partial charge is 0.191 e. The molecule has 0 amide bonds. The van der Waals surface area contributed by atoms with Crippen LogP contribution in [-0.4, -0.2) is 44.5 Å². The molecule has 1 unspecified atom stereocenters. The van der Waals surface area contributed by atoms with Gasteiger partial charge in [0.1, 0.15) is 0 Å². The van der Waals surface area contributed by atoms with Gasteiger partial charge in [-0.2, -0.15) is 0 Å². The topological polar surface area (TPSA) is 64.1 Å². The molecule has 1 aromatic rings. The second-order valence-electron chi connectivity index (χ2n) is 7.96. The molecule has 2 fully saturated rings. The van der Waals surface area contributed by atoms with Crippen LogP contribution in [0.1, 0.15) is 57.9 Å². The van der Waals surface area contributed by atoms with E-state index < -0.39 is 0 Å². The number of hydrogen-bond acceptors (Lipinski definition) is 4. The van der Waals surface area contributed by atoms with Gasteiger partial charge in [-0.25, -0.2) is 4.99 Å². The fourth-order valence-corrected chi connectivity index (χ4v) is 3.85. The Bertz CT molecular complexity index is 650. The highest BCUT2D eigenvalue weighted by molar-refractivity contribution is 5.79. The van der Waals surface area contributed by atoms with E-state index in [1.54, 1.807) is 7.11 Å². The molecule has 1 aromatic carbocycles. The summed E-state index contributed by atoms with van der Waals surface area (Å²) in [4.78, 5) is 4.73. The molecule has 2 aliphatic rings. The summed E-state index contributed by atoms with van der Waals surface area (Å²) in [6.45, 7) is 7.23. The molecular weight excluding hydrogens is 354 g/mol. The molecule has 6 heteroatoms. The van der Waals surface area contributed by atoms with Gasteiger partial charge in [0.05, 0.1) is 25.4 Å².